The molecule has 0 saturated heterocycles. The number of amides is 1. The van der Waals surface area contributed by atoms with E-state index < -0.39 is 12.1 Å². The van der Waals surface area contributed by atoms with Crippen LogP contribution < -0.4 is 5.32 Å². The van der Waals surface area contributed by atoms with Crippen molar-refractivity contribution in [2.24, 2.45) is 0 Å². The number of benzene rings is 2. The van der Waals surface area contributed by atoms with Crippen molar-refractivity contribution in [3.05, 3.63) is 83.9 Å². The Kier molecular flexibility index (Phi) is 7.93. The Morgan fingerprint density at radius 1 is 1.00 bits per heavy atom. The normalized spacial score (nSPS) is 11.7. The molecule has 0 fully saturated rings. The molecule has 2 rings (SSSR count). The molecule has 2 aromatic rings. The highest BCUT2D eigenvalue weighted by Gasteiger charge is 2.13. The van der Waals surface area contributed by atoms with Crippen molar-refractivity contribution in [2.45, 2.75) is 25.5 Å². The highest BCUT2D eigenvalue weighted by Crippen LogP contribution is 2.08. The van der Waals surface area contributed by atoms with Crippen molar-refractivity contribution in [3.63, 3.8) is 0 Å². The van der Waals surface area contributed by atoms with Crippen molar-refractivity contribution in [2.75, 3.05) is 7.11 Å². The van der Waals surface area contributed by atoms with Crippen molar-refractivity contribution in [1.29, 1.82) is 0 Å². The van der Waals surface area contributed by atoms with Crippen LogP contribution in [0.5, 0.6) is 0 Å². The minimum atomic E-state index is -0.485. The maximum Gasteiger partial charge on any atom is 0.407 e. The largest absolute Gasteiger partial charge is 0.466 e. The lowest BCUT2D eigenvalue weighted by molar-refractivity contribution is -0.134. The number of rotatable bonds is 8. The van der Waals surface area contributed by atoms with E-state index in [1.807, 2.05) is 60.7 Å². The number of ether oxygens (including phenoxy) is 2. The van der Waals surface area contributed by atoms with E-state index in [2.05, 4.69) is 10.1 Å². The van der Waals surface area contributed by atoms with Gasteiger partial charge in [-0.2, -0.15) is 0 Å². The van der Waals surface area contributed by atoms with Gasteiger partial charge in [-0.25, -0.2) is 9.59 Å². The molecule has 0 heterocycles. The summed E-state index contributed by atoms with van der Waals surface area (Å²) in [5.74, 6) is -0.421. The quantitative estimate of drug-likeness (QED) is 0.581. The predicted octanol–water partition coefficient (Wildman–Crippen LogP) is 3.64. The molecule has 0 spiro atoms. The topological polar surface area (TPSA) is 64.6 Å². The molecule has 0 saturated carbocycles. The lowest BCUT2D eigenvalue weighted by Crippen LogP contribution is -2.36. The molecular formula is C21H23NO4. The van der Waals surface area contributed by atoms with Crippen LogP contribution in [-0.4, -0.2) is 25.2 Å². The minimum Gasteiger partial charge on any atom is -0.466 e. The zero-order valence-electron chi connectivity index (χ0n) is 14.8. The van der Waals surface area contributed by atoms with Crippen molar-refractivity contribution < 1.29 is 19.1 Å². The van der Waals surface area contributed by atoms with Gasteiger partial charge in [0.15, 0.2) is 0 Å². The summed E-state index contributed by atoms with van der Waals surface area (Å²) in [4.78, 5) is 23.3. The number of carbonyl (C=O) groups excluding carboxylic acids is 2. The second kappa shape index (κ2) is 10.7. The monoisotopic (exact) mass is 353 g/mol. The van der Waals surface area contributed by atoms with Gasteiger partial charge in [-0.15, -0.1) is 0 Å². The molecule has 1 N–H and O–H groups in total. The fourth-order valence-corrected chi connectivity index (χ4v) is 2.42. The molecule has 0 unspecified atom stereocenters. The van der Waals surface area contributed by atoms with E-state index in [0.29, 0.717) is 12.8 Å². The molecule has 0 aliphatic carbocycles. The summed E-state index contributed by atoms with van der Waals surface area (Å²) in [6.45, 7) is 0.211. The molecule has 2 aromatic carbocycles. The lowest BCUT2D eigenvalue weighted by Gasteiger charge is -2.17. The first-order chi connectivity index (χ1) is 12.7. The SMILES string of the molecule is COC(=O)/C=C\C[C@H](Cc1ccccc1)NC(=O)OCc1ccccc1. The Bertz CT molecular complexity index is 713. The highest BCUT2D eigenvalue weighted by molar-refractivity contribution is 5.81. The van der Waals surface area contributed by atoms with Gasteiger partial charge in [0.25, 0.3) is 0 Å². The number of hydrogen-bond donors (Lipinski definition) is 1. The van der Waals surface area contributed by atoms with Crippen LogP contribution >= 0.6 is 0 Å². The predicted molar refractivity (Wildman–Crippen MR) is 99.5 cm³/mol. The number of methoxy groups -OCH3 is 1. The molecule has 0 radical (unpaired) electrons. The van der Waals surface area contributed by atoms with E-state index in [1.165, 1.54) is 13.2 Å². The van der Waals surface area contributed by atoms with Gasteiger partial charge in [-0.3, -0.25) is 0 Å². The van der Waals surface area contributed by atoms with Gasteiger partial charge < -0.3 is 14.8 Å². The van der Waals surface area contributed by atoms with E-state index in [1.54, 1.807) is 6.08 Å². The van der Waals surface area contributed by atoms with E-state index in [4.69, 9.17) is 4.74 Å². The number of alkyl carbamates (subject to hydrolysis) is 1. The summed E-state index contributed by atoms with van der Waals surface area (Å²) in [5, 5.41) is 2.86. The van der Waals surface area contributed by atoms with Gasteiger partial charge in [0, 0.05) is 12.1 Å². The Hall–Kier alpha value is -3.08. The Morgan fingerprint density at radius 3 is 2.23 bits per heavy atom. The number of carbonyl (C=O) groups is 2. The maximum atomic E-state index is 12.1. The van der Waals surface area contributed by atoms with Crippen LogP contribution in [0.2, 0.25) is 0 Å². The number of hydrogen-bond acceptors (Lipinski definition) is 4. The molecule has 26 heavy (non-hydrogen) atoms. The third-order valence-electron chi connectivity index (χ3n) is 3.74. The Morgan fingerprint density at radius 2 is 1.62 bits per heavy atom. The molecule has 1 atom stereocenters. The summed E-state index contributed by atoms with van der Waals surface area (Å²) in [6, 6.07) is 19.1. The van der Waals surface area contributed by atoms with Crippen LogP contribution in [0.25, 0.3) is 0 Å². The first-order valence-corrected chi connectivity index (χ1v) is 8.43. The summed E-state index contributed by atoms with van der Waals surface area (Å²) in [7, 11) is 1.33. The molecule has 0 aromatic heterocycles. The average molecular weight is 353 g/mol. The third-order valence-corrected chi connectivity index (χ3v) is 3.74. The van der Waals surface area contributed by atoms with Gasteiger partial charge in [0.05, 0.1) is 7.11 Å². The molecule has 5 nitrogen and oxygen atoms in total. The van der Waals surface area contributed by atoms with Crippen LogP contribution in [0.3, 0.4) is 0 Å². The summed E-state index contributed by atoms with van der Waals surface area (Å²) >= 11 is 0. The third kappa shape index (κ3) is 7.21. The Labute approximate surface area is 153 Å². The van der Waals surface area contributed by atoms with E-state index in [0.717, 1.165) is 11.1 Å². The second-order valence-corrected chi connectivity index (χ2v) is 5.75. The van der Waals surface area contributed by atoms with Crippen LogP contribution in [0.4, 0.5) is 4.79 Å². The van der Waals surface area contributed by atoms with E-state index in [-0.39, 0.29) is 12.6 Å². The van der Waals surface area contributed by atoms with Gasteiger partial charge in [0.1, 0.15) is 6.61 Å². The van der Waals surface area contributed by atoms with E-state index in [9.17, 15) is 9.59 Å². The molecule has 136 valence electrons. The fraction of sp³-hybridized carbons (Fsp3) is 0.238. The average Bonchev–Trinajstić information content (AvgIpc) is 2.67. The van der Waals surface area contributed by atoms with Crippen molar-refractivity contribution >= 4 is 12.1 Å². The van der Waals surface area contributed by atoms with Gasteiger partial charge >= 0.3 is 12.1 Å². The van der Waals surface area contributed by atoms with Crippen molar-refractivity contribution in [3.8, 4) is 0 Å². The van der Waals surface area contributed by atoms with Gasteiger partial charge in [-0.05, 0) is 24.0 Å². The summed E-state index contributed by atoms with van der Waals surface area (Å²) < 4.78 is 9.86. The molecule has 0 aliphatic rings. The number of esters is 1. The first-order valence-electron chi connectivity index (χ1n) is 8.43. The first kappa shape index (κ1) is 19.2. The second-order valence-electron chi connectivity index (χ2n) is 5.75. The molecule has 0 bridgehead atoms. The highest BCUT2D eigenvalue weighted by atomic mass is 16.5. The summed E-state index contributed by atoms with van der Waals surface area (Å²) in [5.41, 5.74) is 2.01. The van der Waals surface area contributed by atoms with Crippen LogP contribution in [0.15, 0.2) is 72.8 Å². The van der Waals surface area contributed by atoms with Crippen LogP contribution in [-0.2, 0) is 27.3 Å². The zero-order chi connectivity index (χ0) is 18.6. The smallest absolute Gasteiger partial charge is 0.407 e. The van der Waals surface area contributed by atoms with Crippen LogP contribution in [0.1, 0.15) is 17.5 Å². The molecule has 0 aliphatic heterocycles. The number of nitrogens with one attached hydrogen (secondary N) is 1. The van der Waals surface area contributed by atoms with Crippen LogP contribution in [0, 0.1) is 0 Å². The molecule has 5 heteroatoms. The fourth-order valence-electron chi connectivity index (χ4n) is 2.42. The zero-order valence-corrected chi connectivity index (χ0v) is 14.8. The van der Waals surface area contributed by atoms with Gasteiger partial charge in [0.2, 0.25) is 0 Å². The summed E-state index contributed by atoms with van der Waals surface area (Å²) in [6.07, 6.45) is 3.68. The molecular weight excluding hydrogens is 330 g/mol. The lowest BCUT2D eigenvalue weighted by atomic mass is 10.0. The molecule has 1 amide bonds. The standard InChI is InChI=1S/C21H23NO4/c1-25-20(23)14-8-13-19(15-17-9-4-2-5-10-17)22-21(24)26-16-18-11-6-3-7-12-18/h2-12,14,19H,13,15-16H2,1H3,(H,22,24)/b14-8-/t19-/m1/s1. The van der Waals surface area contributed by atoms with E-state index >= 15 is 0 Å². The van der Waals surface area contributed by atoms with Crippen molar-refractivity contribution in [1.82, 2.24) is 5.32 Å². The Balaban J connectivity index is 1.92. The van der Waals surface area contributed by atoms with Gasteiger partial charge in [-0.1, -0.05) is 66.7 Å². The maximum absolute atomic E-state index is 12.1. The minimum absolute atomic E-state index is 0.193.